The van der Waals surface area contributed by atoms with Crippen molar-refractivity contribution in [2.75, 3.05) is 6.61 Å². The van der Waals surface area contributed by atoms with Crippen molar-refractivity contribution < 1.29 is 27.8 Å². The molecule has 0 bridgehead atoms. The minimum Gasteiger partial charge on any atom is -0.462 e. The Balaban J connectivity index is 2.58. The zero-order valence-electron chi connectivity index (χ0n) is 12.5. The van der Waals surface area contributed by atoms with Crippen LogP contribution in [0.2, 0.25) is 0 Å². The lowest BCUT2D eigenvalue weighted by molar-refractivity contribution is -0.275. The second-order valence-electron chi connectivity index (χ2n) is 5.28. The van der Waals surface area contributed by atoms with Crippen LogP contribution in [0.3, 0.4) is 0 Å². The van der Waals surface area contributed by atoms with Crippen LogP contribution in [0.15, 0.2) is 30.3 Å². The first kappa shape index (κ1) is 18.5. The predicted molar refractivity (Wildman–Crippen MR) is 76.3 cm³/mol. The molecule has 0 unspecified atom stereocenters. The van der Waals surface area contributed by atoms with Crippen molar-refractivity contribution in [3.05, 3.63) is 35.9 Å². The minimum atomic E-state index is -4.84. The minimum absolute atomic E-state index is 0.0396. The molecule has 0 saturated heterocycles. The lowest BCUT2D eigenvalue weighted by Crippen LogP contribution is -2.49. The fraction of sp³-hybridized carbons (Fsp3) is 0.562. The molecule has 3 nitrogen and oxygen atoms in total. The Hall–Kier alpha value is -1.56. The highest BCUT2D eigenvalue weighted by Crippen LogP contribution is 2.35. The molecule has 0 aliphatic heterocycles. The van der Waals surface area contributed by atoms with Gasteiger partial charge in [-0.25, -0.2) is 0 Å². The van der Waals surface area contributed by atoms with Crippen molar-refractivity contribution in [2.45, 2.75) is 50.8 Å². The maximum absolute atomic E-state index is 13.0. The summed E-state index contributed by atoms with van der Waals surface area (Å²) < 4.78 is 43.6. The van der Waals surface area contributed by atoms with Gasteiger partial charge in [-0.1, -0.05) is 37.3 Å². The van der Waals surface area contributed by atoms with Gasteiger partial charge in [0.1, 0.15) is 6.61 Å². The third-order valence-electron chi connectivity index (χ3n) is 3.35. The van der Waals surface area contributed by atoms with Gasteiger partial charge in [-0.05, 0) is 31.2 Å². The van der Waals surface area contributed by atoms with Gasteiger partial charge >= 0.3 is 12.1 Å². The smallest absolute Gasteiger partial charge is 0.420 e. The highest BCUT2D eigenvalue weighted by atomic mass is 19.4. The Morgan fingerprint density at radius 1 is 1.23 bits per heavy atom. The Kier molecular flexibility index (Phi) is 6.87. The van der Waals surface area contributed by atoms with E-state index >= 15 is 0 Å². The molecule has 1 atom stereocenters. The van der Waals surface area contributed by atoms with Crippen LogP contribution in [0, 0.1) is 0 Å². The molecule has 0 aromatic heterocycles. The van der Waals surface area contributed by atoms with Gasteiger partial charge in [0.2, 0.25) is 0 Å². The average Bonchev–Trinajstić information content (AvgIpc) is 2.45. The fourth-order valence-corrected chi connectivity index (χ4v) is 2.00. The monoisotopic (exact) mass is 318 g/mol. The zero-order chi connectivity index (χ0) is 16.6. The van der Waals surface area contributed by atoms with E-state index in [-0.39, 0.29) is 12.8 Å². The first-order valence-corrected chi connectivity index (χ1v) is 7.27. The number of aliphatic hydroxyl groups is 1. The van der Waals surface area contributed by atoms with E-state index in [2.05, 4.69) is 4.74 Å². The van der Waals surface area contributed by atoms with Crippen LogP contribution in [-0.2, 0) is 16.0 Å². The Labute approximate surface area is 128 Å². The number of hydrogen-bond acceptors (Lipinski definition) is 3. The highest BCUT2D eigenvalue weighted by Gasteiger charge is 2.54. The number of aryl methyl sites for hydroxylation is 1. The summed E-state index contributed by atoms with van der Waals surface area (Å²) in [6, 6.07) is 9.06. The topological polar surface area (TPSA) is 46.5 Å². The molecule has 1 rings (SSSR count). The largest absolute Gasteiger partial charge is 0.462 e. The molecular weight excluding hydrogens is 297 g/mol. The molecule has 1 N–H and O–H groups in total. The van der Waals surface area contributed by atoms with E-state index in [0.717, 1.165) is 5.56 Å². The molecule has 0 radical (unpaired) electrons. The van der Waals surface area contributed by atoms with E-state index in [4.69, 9.17) is 0 Å². The molecule has 0 heterocycles. The molecule has 0 aliphatic carbocycles. The average molecular weight is 318 g/mol. The number of hydrogen-bond donors (Lipinski definition) is 1. The molecule has 0 amide bonds. The van der Waals surface area contributed by atoms with Crippen LogP contribution in [-0.4, -0.2) is 29.5 Å². The van der Waals surface area contributed by atoms with Crippen LogP contribution in [0.1, 0.15) is 38.2 Å². The highest BCUT2D eigenvalue weighted by molar-refractivity contribution is 5.69. The van der Waals surface area contributed by atoms with Crippen LogP contribution in [0.25, 0.3) is 0 Å². The second kappa shape index (κ2) is 8.17. The quantitative estimate of drug-likeness (QED) is 0.744. The summed E-state index contributed by atoms with van der Waals surface area (Å²) in [6.07, 6.45) is -4.26. The Morgan fingerprint density at radius 2 is 1.86 bits per heavy atom. The lowest BCUT2D eigenvalue weighted by atomic mass is 9.95. The van der Waals surface area contributed by atoms with Crippen LogP contribution >= 0.6 is 0 Å². The van der Waals surface area contributed by atoms with E-state index < -0.39 is 30.8 Å². The number of alkyl halides is 3. The number of carbonyl (C=O) groups excluding carboxylic acids is 1. The summed E-state index contributed by atoms with van der Waals surface area (Å²) in [5.74, 6) is -0.728. The van der Waals surface area contributed by atoms with Crippen molar-refractivity contribution in [3.63, 3.8) is 0 Å². The normalized spacial score (nSPS) is 14.4. The van der Waals surface area contributed by atoms with E-state index in [0.29, 0.717) is 12.8 Å². The molecule has 0 saturated carbocycles. The molecule has 22 heavy (non-hydrogen) atoms. The van der Waals surface area contributed by atoms with E-state index in [1.54, 1.807) is 19.1 Å². The number of esters is 1. The van der Waals surface area contributed by atoms with Gasteiger partial charge in [0.25, 0.3) is 0 Å². The van der Waals surface area contributed by atoms with Gasteiger partial charge in [0.15, 0.2) is 5.60 Å². The van der Waals surface area contributed by atoms with Gasteiger partial charge in [0.05, 0.1) is 0 Å². The van der Waals surface area contributed by atoms with Crippen molar-refractivity contribution in [2.24, 2.45) is 0 Å². The summed E-state index contributed by atoms with van der Waals surface area (Å²) in [5, 5.41) is 9.84. The van der Waals surface area contributed by atoms with Gasteiger partial charge < -0.3 is 9.84 Å². The molecule has 124 valence electrons. The van der Waals surface area contributed by atoms with E-state index in [1.165, 1.54) is 0 Å². The van der Waals surface area contributed by atoms with Crippen LogP contribution < -0.4 is 0 Å². The summed E-state index contributed by atoms with van der Waals surface area (Å²) in [6.45, 7) is 0.668. The molecule has 6 heteroatoms. The van der Waals surface area contributed by atoms with Crippen LogP contribution in [0.4, 0.5) is 13.2 Å². The molecular formula is C16H21F3O3. The standard InChI is InChI=1S/C16H21F3O3/c1-2-7-14(20)22-12-15(21,16(17,18)19)11-6-10-13-8-4-3-5-9-13/h3-5,8-9,21H,2,6-7,10-12H2,1H3/t15-/m0/s1. The van der Waals surface area contributed by atoms with Crippen molar-refractivity contribution in [1.29, 1.82) is 0 Å². The third kappa shape index (κ3) is 5.67. The predicted octanol–water partition coefficient (Wildman–Crippen LogP) is 3.65. The molecule has 1 aromatic carbocycles. The maximum atomic E-state index is 13.0. The number of ether oxygens (including phenoxy) is 1. The van der Waals surface area contributed by atoms with Gasteiger partial charge in [-0.2, -0.15) is 13.2 Å². The van der Waals surface area contributed by atoms with Crippen molar-refractivity contribution in [1.82, 2.24) is 0 Å². The maximum Gasteiger partial charge on any atom is 0.420 e. The van der Waals surface area contributed by atoms with Crippen LogP contribution in [0.5, 0.6) is 0 Å². The summed E-state index contributed by atoms with van der Waals surface area (Å²) in [5.41, 5.74) is -2.10. The molecule has 0 spiro atoms. The summed E-state index contributed by atoms with van der Waals surface area (Å²) in [4.78, 5) is 11.2. The number of halogens is 3. The Morgan fingerprint density at radius 3 is 2.41 bits per heavy atom. The van der Waals surface area contributed by atoms with E-state index in [1.807, 2.05) is 18.2 Å². The summed E-state index contributed by atoms with van der Waals surface area (Å²) >= 11 is 0. The summed E-state index contributed by atoms with van der Waals surface area (Å²) in [7, 11) is 0. The number of carbonyl (C=O) groups is 1. The zero-order valence-corrected chi connectivity index (χ0v) is 12.5. The first-order valence-electron chi connectivity index (χ1n) is 7.27. The van der Waals surface area contributed by atoms with Crippen molar-refractivity contribution >= 4 is 5.97 Å². The third-order valence-corrected chi connectivity index (χ3v) is 3.35. The molecule has 0 aliphatic rings. The second-order valence-corrected chi connectivity index (χ2v) is 5.28. The fourth-order valence-electron chi connectivity index (χ4n) is 2.00. The lowest BCUT2D eigenvalue weighted by Gasteiger charge is -2.30. The van der Waals surface area contributed by atoms with E-state index in [9.17, 15) is 23.1 Å². The number of benzene rings is 1. The molecule has 1 aromatic rings. The number of rotatable bonds is 8. The Bertz CT molecular complexity index is 459. The van der Waals surface area contributed by atoms with Gasteiger partial charge in [-0.15, -0.1) is 0 Å². The first-order chi connectivity index (χ1) is 10.3. The van der Waals surface area contributed by atoms with Crippen molar-refractivity contribution in [3.8, 4) is 0 Å². The molecule has 0 fully saturated rings. The van der Waals surface area contributed by atoms with Gasteiger partial charge in [-0.3, -0.25) is 4.79 Å². The van der Waals surface area contributed by atoms with Gasteiger partial charge in [0, 0.05) is 6.42 Å². The SMILES string of the molecule is CCCC(=O)OC[C@@](O)(CCCc1ccccc1)C(F)(F)F.